The Morgan fingerprint density at radius 1 is 1.60 bits per heavy atom. The van der Waals surface area contributed by atoms with Gasteiger partial charge in [-0.05, 0) is 19.1 Å². The van der Waals surface area contributed by atoms with Crippen molar-refractivity contribution in [2.24, 2.45) is 5.92 Å². The van der Waals surface area contributed by atoms with Crippen LogP contribution in [0.2, 0.25) is 0 Å². The van der Waals surface area contributed by atoms with Gasteiger partial charge in [-0.3, -0.25) is 9.78 Å². The van der Waals surface area contributed by atoms with Crippen LogP contribution in [0.5, 0.6) is 0 Å². The maximum Gasteiger partial charge on any atom is 0.224 e. The van der Waals surface area contributed by atoms with Gasteiger partial charge in [-0.2, -0.15) is 0 Å². The fraction of sp³-hybridized carbons (Fsp3) is 0.455. The van der Waals surface area contributed by atoms with Crippen LogP contribution in [0.15, 0.2) is 18.2 Å². The van der Waals surface area contributed by atoms with E-state index >= 15 is 0 Å². The summed E-state index contributed by atoms with van der Waals surface area (Å²) in [5.41, 5.74) is 1.82. The van der Waals surface area contributed by atoms with E-state index in [0.717, 1.165) is 11.4 Å². The minimum Gasteiger partial charge on any atom is -0.350 e. The molecule has 0 saturated carbocycles. The van der Waals surface area contributed by atoms with Crippen molar-refractivity contribution in [2.75, 3.05) is 5.88 Å². The summed E-state index contributed by atoms with van der Waals surface area (Å²) in [5, 5.41) is 2.79. The molecule has 0 bridgehead atoms. The molecule has 0 aromatic carbocycles. The maximum atomic E-state index is 11.4. The fourth-order valence-corrected chi connectivity index (χ4v) is 1.26. The molecule has 1 unspecified atom stereocenters. The lowest BCUT2D eigenvalue weighted by Crippen LogP contribution is -2.29. The third-order valence-electron chi connectivity index (χ3n) is 2.07. The van der Waals surface area contributed by atoms with E-state index in [2.05, 4.69) is 10.3 Å². The maximum absolute atomic E-state index is 11.4. The van der Waals surface area contributed by atoms with Gasteiger partial charge in [0.05, 0.1) is 12.2 Å². The highest BCUT2D eigenvalue weighted by atomic mass is 35.5. The van der Waals surface area contributed by atoms with Gasteiger partial charge in [0.15, 0.2) is 0 Å². The van der Waals surface area contributed by atoms with E-state index in [4.69, 9.17) is 11.6 Å². The zero-order valence-corrected chi connectivity index (χ0v) is 9.71. The minimum absolute atomic E-state index is 0.0340. The molecule has 1 rings (SSSR count). The number of amides is 1. The number of aryl methyl sites for hydroxylation is 1. The highest BCUT2D eigenvalue weighted by Crippen LogP contribution is 2.00. The molecule has 1 heterocycles. The first-order valence-electron chi connectivity index (χ1n) is 4.89. The van der Waals surface area contributed by atoms with Crippen molar-refractivity contribution in [1.82, 2.24) is 10.3 Å². The predicted octanol–water partition coefficient (Wildman–Crippen LogP) is 1.88. The molecule has 0 aliphatic heterocycles. The third kappa shape index (κ3) is 3.88. The lowest BCUT2D eigenvalue weighted by atomic mass is 10.2. The van der Waals surface area contributed by atoms with E-state index in [9.17, 15) is 4.79 Å². The Morgan fingerprint density at radius 2 is 2.33 bits per heavy atom. The van der Waals surface area contributed by atoms with Crippen molar-refractivity contribution in [3.63, 3.8) is 0 Å². The molecule has 3 nitrogen and oxygen atoms in total. The minimum atomic E-state index is -0.156. The van der Waals surface area contributed by atoms with Crippen molar-refractivity contribution < 1.29 is 4.79 Å². The lowest BCUT2D eigenvalue weighted by Gasteiger charge is -2.08. The molecule has 0 radical (unpaired) electrons. The normalized spacial score (nSPS) is 12.2. The Kier molecular flexibility index (Phi) is 4.56. The molecule has 1 aromatic heterocycles. The fourth-order valence-electron chi connectivity index (χ4n) is 1.12. The van der Waals surface area contributed by atoms with E-state index in [0.29, 0.717) is 12.4 Å². The largest absolute Gasteiger partial charge is 0.350 e. The molecule has 82 valence electrons. The summed E-state index contributed by atoms with van der Waals surface area (Å²) in [6.07, 6.45) is 0. The van der Waals surface area contributed by atoms with E-state index in [1.807, 2.05) is 25.1 Å². The number of carbonyl (C=O) groups excluding carboxylic acids is 1. The third-order valence-corrected chi connectivity index (χ3v) is 2.53. The quantitative estimate of drug-likeness (QED) is 0.797. The zero-order valence-electron chi connectivity index (χ0n) is 8.96. The molecule has 1 atom stereocenters. The van der Waals surface area contributed by atoms with Gasteiger partial charge in [0.25, 0.3) is 0 Å². The predicted molar refractivity (Wildman–Crippen MR) is 60.7 cm³/mol. The summed E-state index contributed by atoms with van der Waals surface area (Å²) in [4.78, 5) is 15.7. The Labute approximate surface area is 94.9 Å². The van der Waals surface area contributed by atoms with Crippen LogP contribution >= 0.6 is 11.6 Å². The van der Waals surface area contributed by atoms with Gasteiger partial charge in [-0.25, -0.2) is 0 Å². The van der Waals surface area contributed by atoms with Gasteiger partial charge < -0.3 is 5.32 Å². The van der Waals surface area contributed by atoms with Gasteiger partial charge in [-0.15, -0.1) is 11.6 Å². The van der Waals surface area contributed by atoms with Crippen LogP contribution in [0.1, 0.15) is 18.3 Å². The molecule has 1 aromatic rings. The standard InChI is InChI=1S/C11H15ClN2O/c1-8(6-12)11(15)13-7-10-5-3-4-9(2)14-10/h3-5,8H,6-7H2,1-2H3,(H,13,15). The Bertz CT molecular complexity index is 341. The Morgan fingerprint density at radius 3 is 2.93 bits per heavy atom. The Hall–Kier alpha value is -1.09. The van der Waals surface area contributed by atoms with E-state index in [1.54, 1.807) is 6.92 Å². The summed E-state index contributed by atoms with van der Waals surface area (Å²) >= 11 is 5.58. The smallest absolute Gasteiger partial charge is 0.224 e. The first-order valence-corrected chi connectivity index (χ1v) is 5.43. The van der Waals surface area contributed by atoms with E-state index in [1.165, 1.54) is 0 Å². The second-order valence-electron chi connectivity index (χ2n) is 3.54. The number of nitrogens with one attached hydrogen (secondary N) is 1. The van der Waals surface area contributed by atoms with Crippen LogP contribution in [-0.2, 0) is 11.3 Å². The van der Waals surface area contributed by atoms with E-state index in [-0.39, 0.29) is 11.8 Å². The zero-order chi connectivity index (χ0) is 11.3. The number of alkyl halides is 1. The molecule has 1 amide bonds. The molecule has 0 fully saturated rings. The topological polar surface area (TPSA) is 42.0 Å². The van der Waals surface area contributed by atoms with Crippen LogP contribution in [0.3, 0.4) is 0 Å². The van der Waals surface area contributed by atoms with Gasteiger partial charge in [0, 0.05) is 17.5 Å². The molecular formula is C11H15ClN2O. The number of hydrogen-bond donors (Lipinski definition) is 1. The molecule has 4 heteroatoms. The summed E-state index contributed by atoms with van der Waals surface area (Å²) in [6.45, 7) is 4.18. The number of nitrogens with zero attached hydrogens (tertiary/aromatic N) is 1. The second-order valence-corrected chi connectivity index (χ2v) is 3.85. The number of aromatic nitrogens is 1. The summed E-state index contributed by atoms with van der Waals surface area (Å²) in [5.74, 6) is 0.150. The highest BCUT2D eigenvalue weighted by Gasteiger charge is 2.10. The molecule has 0 spiro atoms. The van der Waals surface area contributed by atoms with Crippen LogP contribution < -0.4 is 5.32 Å². The average molecular weight is 227 g/mol. The van der Waals surface area contributed by atoms with Crippen LogP contribution in [0, 0.1) is 12.8 Å². The van der Waals surface area contributed by atoms with Crippen molar-refractivity contribution in [3.8, 4) is 0 Å². The number of rotatable bonds is 4. The molecule has 15 heavy (non-hydrogen) atoms. The summed E-state index contributed by atoms with van der Waals surface area (Å²) in [6, 6.07) is 5.74. The first-order chi connectivity index (χ1) is 7.13. The highest BCUT2D eigenvalue weighted by molar-refractivity contribution is 6.19. The number of carbonyl (C=O) groups is 1. The molecular weight excluding hydrogens is 212 g/mol. The van der Waals surface area contributed by atoms with Crippen LogP contribution in [0.4, 0.5) is 0 Å². The lowest BCUT2D eigenvalue weighted by molar-refractivity contribution is -0.124. The monoisotopic (exact) mass is 226 g/mol. The van der Waals surface area contributed by atoms with Crippen molar-refractivity contribution in [1.29, 1.82) is 0 Å². The van der Waals surface area contributed by atoms with Crippen molar-refractivity contribution in [3.05, 3.63) is 29.6 Å². The second kappa shape index (κ2) is 5.71. The van der Waals surface area contributed by atoms with E-state index < -0.39 is 0 Å². The van der Waals surface area contributed by atoms with Crippen LogP contribution in [0.25, 0.3) is 0 Å². The molecule has 1 N–H and O–H groups in total. The van der Waals surface area contributed by atoms with Crippen molar-refractivity contribution >= 4 is 17.5 Å². The van der Waals surface area contributed by atoms with Crippen molar-refractivity contribution in [2.45, 2.75) is 20.4 Å². The molecule has 0 saturated heterocycles. The van der Waals surface area contributed by atoms with Crippen LogP contribution in [-0.4, -0.2) is 16.8 Å². The van der Waals surface area contributed by atoms with Gasteiger partial charge in [-0.1, -0.05) is 13.0 Å². The first kappa shape index (κ1) is 12.0. The molecule has 0 aliphatic carbocycles. The van der Waals surface area contributed by atoms with Gasteiger partial charge >= 0.3 is 0 Å². The summed E-state index contributed by atoms with van der Waals surface area (Å²) < 4.78 is 0. The SMILES string of the molecule is Cc1cccc(CNC(=O)C(C)CCl)n1. The Balaban J connectivity index is 2.47. The average Bonchev–Trinajstić information content (AvgIpc) is 2.25. The number of halogens is 1. The van der Waals surface area contributed by atoms with Gasteiger partial charge in [0.2, 0.25) is 5.91 Å². The summed E-state index contributed by atoms with van der Waals surface area (Å²) in [7, 11) is 0. The number of pyridine rings is 1. The van der Waals surface area contributed by atoms with Gasteiger partial charge in [0.1, 0.15) is 0 Å². The molecule has 0 aliphatic rings. The number of hydrogen-bond acceptors (Lipinski definition) is 2.